The van der Waals surface area contributed by atoms with Gasteiger partial charge in [0.1, 0.15) is 0 Å². The Kier molecular flexibility index (Phi) is 4.89. The van der Waals surface area contributed by atoms with Crippen LogP contribution in [0.2, 0.25) is 0 Å². The van der Waals surface area contributed by atoms with Crippen molar-refractivity contribution in [2.45, 2.75) is 18.7 Å². The Labute approximate surface area is 139 Å². The van der Waals surface area contributed by atoms with Crippen molar-refractivity contribution < 1.29 is 18.0 Å². The number of carbonyl (C=O) groups excluding carboxylic acids is 2. The van der Waals surface area contributed by atoms with Gasteiger partial charge in [0, 0.05) is 16.8 Å². The first-order valence-electron chi connectivity index (χ1n) is 6.91. The van der Waals surface area contributed by atoms with Crippen LogP contribution >= 0.6 is 0 Å². The van der Waals surface area contributed by atoms with Crippen LogP contribution in [0.4, 0.5) is 11.4 Å². The SMILES string of the molecule is CC(=O)c1ccc(NS(=O)(=O)c2ccc(N=N)cc2)cc1C(C)=O. The van der Waals surface area contributed by atoms with Gasteiger partial charge in [0.25, 0.3) is 10.0 Å². The maximum atomic E-state index is 12.4. The summed E-state index contributed by atoms with van der Waals surface area (Å²) in [4.78, 5) is 23.2. The van der Waals surface area contributed by atoms with Gasteiger partial charge in [-0.3, -0.25) is 14.3 Å². The van der Waals surface area contributed by atoms with E-state index in [0.29, 0.717) is 5.69 Å². The van der Waals surface area contributed by atoms with Gasteiger partial charge < -0.3 is 0 Å². The molecule has 0 amide bonds. The Morgan fingerprint density at radius 2 is 1.54 bits per heavy atom. The van der Waals surface area contributed by atoms with Crippen LogP contribution in [0.3, 0.4) is 0 Å². The zero-order chi connectivity index (χ0) is 17.9. The molecule has 0 unspecified atom stereocenters. The molecule has 0 fully saturated rings. The third kappa shape index (κ3) is 3.72. The van der Waals surface area contributed by atoms with Crippen LogP contribution in [-0.4, -0.2) is 20.0 Å². The molecule has 2 aromatic carbocycles. The van der Waals surface area contributed by atoms with Crippen molar-refractivity contribution in [3.05, 3.63) is 53.6 Å². The summed E-state index contributed by atoms with van der Waals surface area (Å²) in [6.45, 7) is 2.65. The normalized spacial score (nSPS) is 10.9. The molecule has 0 saturated carbocycles. The average Bonchev–Trinajstić information content (AvgIpc) is 2.54. The van der Waals surface area contributed by atoms with Crippen LogP contribution in [0.15, 0.2) is 52.5 Å². The Hall–Kier alpha value is -2.87. The van der Waals surface area contributed by atoms with Crippen molar-refractivity contribution in [1.82, 2.24) is 0 Å². The Morgan fingerprint density at radius 1 is 0.958 bits per heavy atom. The molecule has 0 aliphatic heterocycles. The first-order chi connectivity index (χ1) is 11.2. The molecule has 0 aliphatic rings. The number of carbonyl (C=O) groups is 2. The minimum absolute atomic E-state index is 0.00470. The molecule has 0 radical (unpaired) electrons. The molecule has 0 aliphatic carbocycles. The molecular formula is C16H15N3O4S. The number of anilines is 1. The van der Waals surface area contributed by atoms with Crippen LogP contribution < -0.4 is 4.72 Å². The summed E-state index contributed by atoms with van der Waals surface area (Å²) in [6.07, 6.45) is 0. The molecule has 2 aromatic rings. The fourth-order valence-electron chi connectivity index (χ4n) is 2.12. The maximum Gasteiger partial charge on any atom is 0.261 e. The molecule has 124 valence electrons. The Morgan fingerprint density at radius 3 is 2.04 bits per heavy atom. The van der Waals surface area contributed by atoms with Crippen molar-refractivity contribution in [3.8, 4) is 0 Å². The molecule has 0 aromatic heterocycles. The first-order valence-corrected chi connectivity index (χ1v) is 8.39. The Bertz CT molecular complexity index is 919. The molecule has 2 N–H and O–H groups in total. The monoisotopic (exact) mass is 345 g/mol. The molecule has 7 nitrogen and oxygen atoms in total. The fourth-order valence-corrected chi connectivity index (χ4v) is 3.17. The molecule has 24 heavy (non-hydrogen) atoms. The van der Waals surface area contributed by atoms with E-state index in [1.54, 1.807) is 0 Å². The number of benzene rings is 2. The average molecular weight is 345 g/mol. The van der Waals surface area contributed by atoms with Crippen LogP contribution in [0.25, 0.3) is 0 Å². The third-order valence-electron chi connectivity index (χ3n) is 3.31. The molecule has 8 heteroatoms. The smallest absolute Gasteiger partial charge is 0.261 e. The van der Waals surface area contributed by atoms with E-state index in [1.165, 1.54) is 56.3 Å². The second-order valence-corrected chi connectivity index (χ2v) is 6.77. The minimum atomic E-state index is -3.86. The van der Waals surface area contributed by atoms with Gasteiger partial charge in [0.05, 0.1) is 10.6 Å². The van der Waals surface area contributed by atoms with E-state index in [2.05, 4.69) is 9.84 Å². The quantitative estimate of drug-likeness (QED) is 0.615. The lowest BCUT2D eigenvalue weighted by molar-refractivity contribution is 0.0981. The van der Waals surface area contributed by atoms with E-state index in [-0.39, 0.29) is 33.3 Å². The number of nitrogens with one attached hydrogen (secondary N) is 2. The van der Waals surface area contributed by atoms with Crippen molar-refractivity contribution in [2.75, 3.05) is 4.72 Å². The summed E-state index contributed by atoms with van der Waals surface area (Å²) >= 11 is 0. The standard InChI is InChI=1S/C16H15N3O4S/c1-10(20)15-8-5-13(9-16(15)11(2)21)19-24(22,23)14-6-3-12(18-17)4-7-14/h3-9,17,19H,1-2H3. The maximum absolute atomic E-state index is 12.4. The van der Waals surface area contributed by atoms with Crippen molar-refractivity contribution in [3.63, 3.8) is 0 Å². The summed E-state index contributed by atoms with van der Waals surface area (Å²) in [5.74, 6) is -0.605. The number of nitrogens with zero attached hydrogens (tertiary/aromatic N) is 1. The molecule has 0 heterocycles. The van der Waals surface area contributed by atoms with Gasteiger partial charge in [-0.05, 0) is 56.3 Å². The predicted molar refractivity (Wildman–Crippen MR) is 88.5 cm³/mol. The highest BCUT2D eigenvalue weighted by atomic mass is 32.2. The predicted octanol–water partition coefficient (Wildman–Crippen LogP) is 3.56. The lowest BCUT2D eigenvalue weighted by atomic mass is 10.0. The highest BCUT2D eigenvalue weighted by molar-refractivity contribution is 7.92. The minimum Gasteiger partial charge on any atom is -0.294 e. The van der Waals surface area contributed by atoms with Crippen LogP contribution in [0.1, 0.15) is 34.6 Å². The summed E-state index contributed by atoms with van der Waals surface area (Å²) in [6, 6.07) is 9.64. The molecular weight excluding hydrogens is 330 g/mol. The van der Waals surface area contributed by atoms with E-state index in [9.17, 15) is 18.0 Å². The van der Waals surface area contributed by atoms with Gasteiger partial charge in [0.15, 0.2) is 11.6 Å². The van der Waals surface area contributed by atoms with Gasteiger partial charge in [-0.15, -0.1) is 0 Å². The van der Waals surface area contributed by atoms with Crippen LogP contribution in [0, 0.1) is 5.53 Å². The molecule has 0 saturated heterocycles. The van der Waals surface area contributed by atoms with Gasteiger partial charge in [-0.25, -0.2) is 13.9 Å². The van der Waals surface area contributed by atoms with Crippen molar-refractivity contribution in [2.24, 2.45) is 5.11 Å². The lowest BCUT2D eigenvalue weighted by Gasteiger charge is -2.11. The van der Waals surface area contributed by atoms with Gasteiger partial charge in [-0.1, -0.05) is 0 Å². The van der Waals surface area contributed by atoms with E-state index in [0.717, 1.165) is 0 Å². The fraction of sp³-hybridized carbons (Fsp3) is 0.125. The number of ketones is 2. The Balaban J connectivity index is 2.38. The second kappa shape index (κ2) is 6.71. The third-order valence-corrected chi connectivity index (χ3v) is 4.70. The topological polar surface area (TPSA) is 117 Å². The molecule has 0 atom stereocenters. The first kappa shape index (κ1) is 17.5. The molecule has 0 spiro atoms. The number of hydrogen-bond acceptors (Lipinski definition) is 6. The van der Waals surface area contributed by atoms with Crippen molar-refractivity contribution in [1.29, 1.82) is 5.53 Å². The number of hydrogen-bond donors (Lipinski definition) is 2. The number of sulfonamides is 1. The molecule has 0 bridgehead atoms. The molecule has 2 rings (SSSR count). The van der Waals surface area contributed by atoms with Gasteiger partial charge in [0.2, 0.25) is 0 Å². The zero-order valence-corrected chi connectivity index (χ0v) is 13.8. The van der Waals surface area contributed by atoms with E-state index in [1.807, 2.05) is 0 Å². The summed E-state index contributed by atoms with van der Waals surface area (Å²) in [7, 11) is -3.86. The second-order valence-electron chi connectivity index (χ2n) is 5.08. The number of rotatable bonds is 6. The number of Topliss-reactive ketones (excluding diaryl/α,β-unsaturated/α-hetero) is 2. The van der Waals surface area contributed by atoms with E-state index in [4.69, 9.17) is 5.53 Å². The summed E-state index contributed by atoms with van der Waals surface area (Å²) < 4.78 is 27.1. The van der Waals surface area contributed by atoms with Crippen molar-refractivity contribution >= 4 is 33.0 Å². The highest BCUT2D eigenvalue weighted by Crippen LogP contribution is 2.22. The van der Waals surface area contributed by atoms with Gasteiger partial charge >= 0.3 is 0 Å². The van der Waals surface area contributed by atoms with Crippen LogP contribution in [-0.2, 0) is 10.0 Å². The van der Waals surface area contributed by atoms with Crippen LogP contribution in [0.5, 0.6) is 0 Å². The van der Waals surface area contributed by atoms with E-state index >= 15 is 0 Å². The lowest BCUT2D eigenvalue weighted by Crippen LogP contribution is -2.14. The summed E-state index contributed by atoms with van der Waals surface area (Å²) in [5, 5.41) is 3.20. The highest BCUT2D eigenvalue weighted by Gasteiger charge is 2.17. The van der Waals surface area contributed by atoms with E-state index < -0.39 is 10.0 Å². The van der Waals surface area contributed by atoms with Gasteiger partial charge in [-0.2, -0.15) is 5.11 Å². The summed E-state index contributed by atoms with van der Waals surface area (Å²) in [5.41, 5.74) is 7.78. The zero-order valence-electron chi connectivity index (χ0n) is 13.0. The largest absolute Gasteiger partial charge is 0.294 e.